The molecule has 2 aromatic rings. The number of benzene rings is 1. The van der Waals surface area contributed by atoms with E-state index in [0.29, 0.717) is 12.0 Å². The fourth-order valence-corrected chi connectivity index (χ4v) is 1.50. The Hall–Kier alpha value is -1.86. The van der Waals surface area contributed by atoms with Gasteiger partial charge in [-0.3, -0.25) is 0 Å². The molecule has 4 nitrogen and oxygen atoms in total. The van der Waals surface area contributed by atoms with Gasteiger partial charge in [-0.25, -0.2) is 4.98 Å². The van der Waals surface area contributed by atoms with Gasteiger partial charge in [0.25, 0.3) is 0 Å². The lowest BCUT2D eigenvalue weighted by atomic mass is 10.2. The van der Waals surface area contributed by atoms with Crippen molar-refractivity contribution in [3.05, 3.63) is 29.6 Å². The number of nitriles is 1. The maximum absolute atomic E-state index is 8.73. The zero-order valence-electron chi connectivity index (χ0n) is 8.20. The van der Waals surface area contributed by atoms with Gasteiger partial charge in [-0.2, -0.15) is 5.26 Å². The minimum Gasteiger partial charge on any atom is -0.396 e. The Bertz CT molecular complexity index is 510. The van der Waals surface area contributed by atoms with Crippen LogP contribution < -0.4 is 0 Å². The van der Waals surface area contributed by atoms with Crippen LogP contribution in [0.4, 0.5) is 0 Å². The van der Waals surface area contributed by atoms with Crippen LogP contribution in [0.2, 0.25) is 0 Å². The second-order valence-electron chi connectivity index (χ2n) is 3.35. The lowest BCUT2D eigenvalue weighted by molar-refractivity contribution is 0.287. The summed E-state index contributed by atoms with van der Waals surface area (Å²) in [5.74, 6) is 0.856. The van der Waals surface area contributed by atoms with E-state index >= 15 is 0 Å². The quantitative estimate of drug-likeness (QED) is 0.787. The molecule has 15 heavy (non-hydrogen) atoms. The van der Waals surface area contributed by atoms with E-state index in [0.717, 1.165) is 23.3 Å². The maximum Gasteiger partial charge on any atom is 0.107 e. The second kappa shape index (κ2) is 4.11. The van der Waals surface area contributed by atoms with E-state index in [9.17, 15) is 0 Å². The van der Waals surface area contributed by atoms with Gasteiger partial charge in [-0.05, 0) is 24.6 Å². The number of nitrogens with zero attached hydrogens (tertiary/aromatic N) is 2. The van der Waals surface area contributed by atoms with Gasteiger partial charge in [0.1, 0.15) is 5.82 Å². The number of imidazole rings is 1. The number of aliphatic hydroxyl groups excluding tert-OH is 1. The third-order valence-electron chi connectivity index (χ3n) is 2.23. The lowest BCUT2D eigenvalue weighted by Gasteiger charge is -1.90. The zero-order valence-corrected chi connectivity index (χ0v) is 8.20. The fourth-order valence-electron chi connectivity index (χ4n) is 1.50. The van der Waals surface area contributed by atoms with Crippen molar-refractivity contribution in [1.82, 2.24) is 9.97 Å². The lowest BCUT2D eigenvalue weighted by Crippen LogP contribution is -1.90. The second-order valence-corrected chi connectivity index (χ2v) is 3.35. The van der Waals surface area contributed by atoms with Gasteiger partial charge in [0.2, 0.25) is 0 Å². The van der Waals surface area contributed by atoms with Gasteiger partial charge in [-0.1, -0.05) is 0 Å². The van der Waals surface area contributed by atoms with E-state index < -0.39 is 0 Å². The number of hydrogen-bond acceptors (Lipinski definition) is 3. The van der Waals surface area contributed by atoms with Crippen molar-refractivity contribution in [1.29, 1.82) is 5.26 Å². The van der Waals surface area contributed by atoms with E-state index in [1.807, 2.05) is 6.07 Å². The maximum atomic E-state index is 8.73. The van der Waals surface area contributed by atoms with Gasteiger partial charge < -0.3 is 10.1 Å². The molecule has 2 rings (SSSR count). The minimum atomic E-state index is 0.167. The van der Waals surface area contributed by atoms with Crippen molar-refractivity contribution in [2.24, 2.45) is 0 Å². The molecule has 2 N–H and O–H groups in total. The van der Waals surface area contributed by atoms with Gasteiger partial charge in [0.05, 0.1) is 22.7 Å². The van der Waals surface area contributed by atoms with Crippen molar-refractivity contribution in [2.75, 3.05) is 6.61 Å². The molecular formula is C11H11N3O. The molecular weight excluding hydrogens is 190 g/mol. The monoisotopic (exact) mass is 201 g/mol. The first-order valence-corrected chi connectivity index (χ1v) is 4.83. The first-order chi connectivity index (χ1) is 7.33. The van der Waals surface area contributed by atoms with E-state index in [-0.39, 0.29) is 6.61 Å². The van der Waals surface area contributed by atoms with E-state index in [1.54, 1.807) is 12.1 Å². The third-order valence-corrected chi connectivity index (χ3v) is 2.23. The number of fused-ring (bicyclic) bond motifs is 1. The smallest absolute Gasteiger partial charge is 0.107 e. The predicted molar refractivity (Wildman–Crippen MR) is 56.2 cm³/mol. The molecule has 0 aliphatic carbocycles. The van der Waals surface area contributed by atoms with Crippen molar-refractivity contribution < 1.29 is 5.11 Å². The van der Waals surface area contributed by atoms with Crippen molar-refractivity contribution in [3.8, 4) is 6.07 Å². The number of rotatable bonds is 3. The number of aryl methyl sites for hydroxylation is 1. The average Bonchev–Trinajstić information content (AvgIpc) is 2.67. The van der Waals surface area contributed by atoms with E-state index in [1.165, 1.54) is 0 Å². The summed E-state index contributed by atoms with van der Waals surface area (Å²) in [4.78, 5) is 7.48. The first-order valence-electron chi connectivity index (χ1n) is 4.83. The number of nitrogens with one attached hydrogen (secondary N) is 1. The number of aliphatic hydroxyl groups is 1. The summed E-state index contributed by atoms with van der Waals surface area (Å²) >= 11 is 0. The summed E-state index contributed by atoms with van der Waals surface area (Å²) in [6.45, 7) is 0.167. The summed E-state index contributed by atoms with van der Waals surface area (Å²) in [5.41, 5.74) is 2.36. The van der Waals surface area contributed by atoms with Crippen LogP contribution in [-0.2, 0) is 6.42 Å². The summed E-state index contributed by atoms with van der Waals surface area (Å²) in [7, 11) is 0. The van der Waals surface area contributed by atoms with Gasteiger partial charge >= 0.3 is 0 Å². The van der Waals surface area contributed by atoms with Crippen LogP contribution in [0.3, 0.4) is 0 Å². The van der Waals surface area contributed by atoms with Gasteiger partial charge in [0.15, 0.2) is 0 Å². The Balaban J connectivity index is 2.34. The molecule has 0 radical (unpaired) electrons. The molecule has 0 bridgehead atoms. The van der Waals surface area contributed by atoms with E-state index in [4.69, 9.17) is 10.4 Å². The van der Waals surface area contributed by atoms with E-state index in [2.05, 4.69) is 16.0 Å². The Kier molecular flexibility index (Phi) is 2.66. The molecule has 0 aliphatic rings. The Morgan fingerprint density at radius 2 is 2.33 bits per heavy atom. The first kappa shape index (κ1) is 9.69. The highest BCUT2D eigenvalue weighted by atomic mass is 16.2. The largest absolute Gasteiger partial charge is 0.396 e. The highest BCUT2D eigenvalue weighted by Crippen LogP contribution is 2.13. The molecule has 0 amide bonds. The number of H-pyrrole nitrogens is 1. The summed E-state index contributed by atoms with van der Waals surface area (Å²) in [6.07, 6.45) is 1.43. The van der Waals surface area contributed by atoms with Crippen LogP contribution in [0.25, 0.3) is 11.0 Å². The summed E-state index contributed by atoms with van der Waals surface area (Å²) in [6, 6.07) is 7.44. The number of aromatic amines is 1. The van der Waals surface area contributed by atoms with Crippen LogP contribution in [0.15, 0.2) is 18.2 Å². The van der Waals surface area contributed by atoms with Gasteiger partial charge in [0, 0.05) is 13.0 Å². The molecule has 0 spiro atoms. The van der Waals surface area contributed by atoms with Crippen LogP contribution in [0.1, 0.15) is 17.8 Å². The molecule has 76 valence electrons. The van der Waals surface area contributed by atoms with Gasteiger partial charge in [-0.15, -0.1) is 0 Å². The molecule has 0 unspecified atom stereocenters. The third kappa shape index (κ3) is 1.97. The topological polar surface area (TPSA) is 72.7 Å². The molecule has 0 saturated heterocycles. The fraction of sp³-hybridized carbons (Fsp3) is 0.273. The molecule has 1 aromatic carbocycles. The molecule has 0 saturated carbocycles. The number of aromatic nitrogens is 2. The average molecular weight is 201 g/mol. The molecule has 0 fully saturated rings. The predicted octanol–water partition coefficient (Wildman–Crippen LogP) is 1.36. The molecule has 0 aliphatic heterocycles. The highest BCUT2D eigenvalue weighted by Gasteiger charge is 2.02. The Morgan fingerprint density at radius 3 is 3.07 bits per heavy atom. The summed E-state index contributed by atoms with van der Waals surface area (Å²) < 4.78 is 0. The van der Waals surface area contributed by atoms with Crippen LogP contribution in [0.5, 0.6) is 0 Å². The zero-order chi connectivity index (χ0) is 10.7. The highest BCUT2D eigenvalue weighted by molar-refractivity contribution is 5.76. The van der Waals surface area contributed by atoms with Crippen LogP contribution >= 0.6 is 0 Å². The van der Waals surface area contributed by atoms with Crippen LogP contribution in [0, 0.1) is 11.3 Å². The van der Waals surface area contributed by atoms with Crippen molar-refractivity contribution in [2.45, 2.75) is 12.8 Å². The molecule has 1 aromatic heterocycles. The SMILES string of the molecule is N#Cc1ccc2nc(CCCO)[nH]c2c1. The normalized spacial score (nSPS) is 10.4. The van der Waals surface area contributed by atoms with Crippen molar-refractivity contribution in [3.63, 3.8) is 0 Å². The Morgan fingerprint density at radius 1 is 1.47 bits per heavy atom. The minimum absolute atomic E-state index is 0.167. The Labute approximate surface area is 87.2 Å². The van der Waals surface area contributed by atoms with Crippen molar-refractivity contribution >= 4 is 11.0 Å². The molecule has 1 heterocycles. The molecule has 4 heteroatoms. The summed E-state index contributed by atoms with van der Waals surface area (Å²) in [5, 5.41) is 17.4. The van der Waals surface area contributed by atoms with Crippen LogP contribution in [-0.4, -0.2) is 21.7 Å². The number of hydrogen-bond donors (Lipinski definition) is 2. The molecule has 0 atom stereocenters. The standard InChI is InChI=1S/C11H11N3O/c12-7-8-3-4-9-10(6-8)14-11(13-9)2-1-5-15/h3-4,6,15H,1-2,5H2,(H,13,14).